The molecule has 3 rings (SSSR count). The number of para-hydroxylation sites is 1. The average Bonchev–Trinajstić information content (AvgIpc) is 3.11. The van der Waals surface area contributed by atoms with Crippen molar-refractivity contribution in [2.75, 3.05) is 12.9 Å². The minimum Gasteiger partial charge on any atom is -0.496 e. The summed E-state index contributed by atoms with van der Waals surface area (Å²) in [6, 6.07) is 13.3. The Morgan fingerprint density at radius 2 is 2.08 bits per heavy atom. The van der Waals surface area contributed by atoms with Gasteiger partial charge in [-0.25, -0.2) is 0 Å². The van der Waals surface area contributed by atoms with Crippen LogP contribution in [0.15, 0.2) is 42.5 Å². The van der Waals surface area contributed by atoms with Crippen LogP contribution in [0.5, 0.6) is 11.5 Å². The van der Waals surface area contributed by atoms with Crippen LogP contribution in [-0.4, -0.2) is 30.0 Å². The van der Waals surface area contributed by atoms with Crippen molar-refractivity contribution in [3.05, 3.63) is 59.2 Å². The standard InChI is InChI=1S/C19H21NO4S/c1-12-5-3-4-6-16(12)24-10-14-9-13(7-8-17(14)23-2)18-20-15(11-25-18)19(21)22/h3-9,15,18,20H,10-11H2,1-2H3,(H,21,22)/t15-,18-/m0/s1. The van der Waals surface area contributed by atoms with Crippen molar-refractivity contribution >= 4 is 17.7 Å². The Morgan fingerprint density at radius 1 is 1.28 bits per heavy atom. The molecule has 2 N–H and O–H groups in total. The van der Waals surface area contributed by atoms with E-state index in [4.69, 9.17) is 14.6 Å². The smallest absolute Gasteiger partial charge is 0.321 e. The third-order valence-corrected chi connectivity index (χ3v) is 5.43. The molecule has 0 unspecified atom stereocenters. The van der Waals surface area contributed by atoms with E-state index in [0.29, 0.717) is 12.4 Å². The molecule has 1 fully saturated rings. The largest absolute Gasteiger partial charge is 0.496 e. The summed E-state index contributed by atoms with van der Waals surface area (Å²) in [4.78, 5) is 11.1. The highest BCUT2D eigenvalue weighted by Crippen LogP contribution is 2.35. The minimum absolute atomic E-state index is 0.0378. The Balaban J connectivity index is 1.76. The molecule has 2 atom stereocenters. The number of rotatable bonds is 6. The molecule has 5 nitrogen and oxygen atoms in total. The van der Waals surface area contributed by atoms with Crippen LogP contribution in [0.2, 0.25) is 0 Å². The van der Waals surface area contributed by atoms with Crippen LogP contribution in [0.4, 0.5) is 0 Å². The van der Waals surface area contributed by atoms with Gasteiger partial charge in [-0.05, 0) is 36.2 Å². The second-order valence-electron chi connectivity index (χ2n) is 5.90. The molecule has 25 heavy (non-hydrogen) atoms. The predicted octanol–water partition coefficient (Wildman–Crippen LogP) is 3.37. The summed E-state index contributed by atoms with van der Waals surface area (Å²) in [6.07, 6.45) is 0. The van der Waals surface area contributed by atoms with Gasteiger partial charge in [0, 0.05) is 11.3 Å². The first-order valence-corrected chi connectivity index (χ1v) is 9.09. The fourth-order valence-electron chi connectivity index (χ4n) is 2.75. The summed E-state index contributed by atoms with van der Waals surface area (Å²) in [7, 11) is 1.63. The van der Waals surface area contributed by atoms with Crippen molar-refractivity contribution in [1.29, 1.82) is 0 Å². The van der Waals surface area contributed by atoms with Gasteiger partial charge in [-0.2, -0.15) is 0 Å². The van der Waals surface area contributed by atoms with Crippen molar-refractivity contribution in [3.8, 4) is 11.5 Å². The van der Waals surface area contributed by atoms with E-state index in [2.05, 4.69) is 5.32 Å². The van der Waals surface area contributed by atoms with Crippen LogP contribution >= 0.6 is 11.8 Å². The molecule has 1 heterocycles. The normalized spacial score (nSPS) is 19.6. The molecule has 132 valence electrons. The van der Waals surface area contributed by atoms with Crippen molar-refractivity contribution in [2.24, 2.45) is 0 Å². The number of carboxylic acids is 1. The maximum atomic E-state index is 11.1. The van der Waals surface area contributed by atoms with Gasteiger partial charge >= 0.3 is 5.97 Å². The summed E-state index contributed by atoms with van der Waals surface area (Å²) < 4.78 is 11.4. The van der Waals surface area contributed by atoms with Crippen molar-refractivity contribution < 1.29 is 19.4 Å². The summed E-state index contributed by atoms with van der Waals surface area (Å²) in [5.74, 6) is 1.34. The number of benzene rings is 2. The Morgan fingerprint density at radius 3 is 2.76 bits per heavy atom. The molecule has 1 aliphatic rings. The Kier molecular flexibility index (Phi) is 5.50. The number of thioether (sulfide) groups is 1. The first-order valence-electron chi connectivity index (χ1n) is 8.04. The lowest BCUT2D eigenvalue weighted by atomic mass is 10.1. The van der Waals surface area contributed by atoms with Crippen LogP contribution in [0, 0.1) is 6.92 Å². The highest BCUT2D eigenvalue weighted by Gasteiger charge is 2.30. The van der Waals surface area contributed by atoms with E-state index in [0.717, 1.165) is 28.2 Å². The number of ether oxygens (including phenoxy) is 2. The maximum absolute atomic E-state index is 11.1. The molecule has 1 saturated heterocycles. The monoisotopic (exact) mass is 359 g/mol. The number of aryl methyl sites for hydroxylation is 1. The highest BCUT2D eigenvalue weighted by atomic mass is 32.2. The molecule has 6 heteroatoms. The number of methoxy groups -OCH3 is 1. The number of aliphatic carboxylic acids is 1. The van der Waals surface area contributed by atoms with Crippen molar-refractivity contribution in [3.63, 3.8) is 0 Å². The Labute approximate surface area is 151 Å². The molecular formula is C19H21NO4S. The van der Waals surface area contributed by atoms with Crippen LogP contribution in [0.25, 0.3) is 0 Å². The fraction of sp³-hybridized carbons (Fsp3) is 0.316. The van der Waals surface area contributed by atoms with E-state index in [1.807, 2.05) is 49.4 Å². The van der Waals surface area contributed by atoms with Gasteiger partial charge in [0.1, 0.15) is 24.1 Å². The van der Waals surface area contributed by atoms with E-state index in [1.165, 1.54) is 0 Å². The van der Waals surface area contributed by atoms with E-state index in [1.54, 1.807) is 18.9 Å². The number of hydrogen-bond acceptors (Lipinski definition) is 5. The van der Waals surface area contributed by atoms with Gasteiger partial charge in [0.05, 0.1) is 12.5 Å². The second-order valence-corrected chi connectivity index (χ2v) is 7.03. The molecule has 0 saturated carbocycles. The van der Waals surface area contributed by atoms with Crippen LogP contribution in [-0.2, 0) is 11.4 Å². The lowest BCUT2D eigenvalue weighted by Gasteiger charge is -2.16. The Bertz CT molecular complexity index is 765. The predicted molar refractivity (Wildman–Crippen MR) is 98.3 cm³/mol. The molecule has 0 bridgehead atoms. The number of hydrogen-bond donors (Lipinski definition) is 2. The molecule has 0 aliphatic carbocycles. The van der Waals surface area contributed by atoms with Gasteiger partial charge in [0.2, 0.25) is 0 Å². The minimum atomic E-state index is -0.813. The van der Waals surface area contributed by atoms with Gasteiger partial charge in [0.25, 0.3) is 0 Å². The van der Waals surface area contributed by atoms with Gasteiger partial charge < -0.3 is 14.6 Å². The zero-order valence-electron chi connectivity index (χ0n) is 14.2. The van der Waals surface area contributed by atoms with E-state index in [9.17, 15) is 4.79 Å². The van der Waals surface area contributed by atoms with E-state index in [-0.39, 0.29) is 5.37 Å². The van der Waals surface area contributed by atoms with Gasteiger partial charge in [-0.1, -0.05) is 24.3 Å². The Hall–Kier alpha value is -2.18. The third kappa shape index (κ3) is 4.08. The second kappa shape index (κ2) is 7.80. The first-order chi connectivity index (χ1) is 12.1. The lowest BCUT2D eigenvalue weighted by molar-refractivity contribution is -0.138. The molecule has 0 amide bonds. The van der Waals surface area contributed by atoms with E-state index < -0.39 is 12.0 Å². The summed E-state index contributed by atoms with van der Waals surface area (Å²) in [5.41, 5.74) is 3.04. The zero-order valence-corrected chi connectivity index (χ0v) is 15.0. The first kappa shape index (κ1) is 17.6. The average molecular weight is 359 g/mol. The molecule has 0 spiro atoms. The molecular weight excluding hydrogens is 338 g/mol. The third-order valence-electron chi connectivity index (χ3n) is 4.16. The maximum Gasteiger partial charge on any atom is 0.321 e. The molecule has 0 radical (unpaired) electrons. The van der Waals surface area contributed by atoms with Gasteiger partial charge in [-0.15, -0.1) is 11.8 Å². The fourth-order valence-corrected chi connectivity index (χ4v) is 3.98. The van der Waals surface area contributed by atoms with Crippen molar-refractivity contribution in [1.82, 2.24) is 5.32 Å². The SMILES string of the molecule is COc1ccc([C@H]2N[C@H](C(=O)O)CS2)cc1COc1ccccc1C. The number of carbonyl (C=O) groups is 1. The van der Waals surface area contributed by atoms with Crippen molar-refractivity contribution in [2.45, 2.75) is 24.9 Å². The zero-order chi connectivity index (χ0) is 17.8. The molecule has 2 aromatic carbocycles. The van der Waals surface area contributed by atoms with Gasteiger partial charge in [0.15, 0.2) is 0 Å². The lowest BCUT2D eigenvalue weighted by Crippen LogP contribution is -2.33. The quantitative estimate of drug-likeness (QED) is 0.824. The summed E-state index contributed by atoms with van der Waals surface area (Å²) in [5, 5.41) is 12.2. The molecule has 2 aromatic rings. The summed E-state index contributed by atoms with van der Waals surface area (Å²) in [6.45, 7) is 2.40. The van der Waals surface area contributed by atoms with Crippen LogP contribution < -0.4 is 14.8 Å². The molecule has 1 aliphatic heterocycles. The molecule has 0 aromatic heterocycles. The van der Waals surface area contributed by atoms with Gasteiger partial charge in [-0.3, -0.25) is 10.1 Å². The topological polar surface area (TPSA) is 67.8 Å². The van der Waals surface area contributed by atoms with E-state index >= 15 is 0 Å². The number of nitrogens with one attached hydrogen (secondary N) is 1. The van der Waals surface area contributed by atoms with Crippen LogP contribution in [0.1, 0.15) is 22.1 Å². The highest BCUT2D eigenvalue weighted by molar-refractivity contribution is 7.99. The van der Waals surface area contributed by atoms with Crippen LogP contribution in [0.3, 0.4) is 0 Å². The number of carboxylic acid groups (broad SMARTS) is 1. The summed E-state index contributed by atoms with van der Waals surface area (Å²) >= 11 is 1.60.